The van der Waals surface area contributed by atoms with E-state index in [1.54, 1.807) is 23.6 Å². The smallest absolute Gasteiger partial charge is 0.352 e. The molecule has 0 amide bonds. The topological polar surface area (TPSA) is 85.4 Å². The van der Waals surface area contributed by atoms with Crippen LogP contribution in [0.15, 0.2) is 30.3 Å². The molecule has 0 spiro atoms. The van der Waals surface area contributed by atoms with E-state index < -0.39 is 10.9 Å². The monoisotopic (exact) mass is 274 g/mol. The first-order valence-electron chi connectivity index (χ1n) is 6.03. The summed E-state index contributed by atoms with van der Waals surface area (Å²) in [4.78, 5) is 21.4. The molecule has 0 fully saturated rings. The predicted molar refractivity (Wildman–Crippen MR) is 73.1 cm³/mol. The first kappa shape index (κ1) is 13.8. The number of carboxylic acids is 1. The molecule has 6 heteroatoms. The van der Waals surface area contributed by atoms with Crippen LogP contribution in [0, 0.1) is 24.0 Å². The molecule has 1 N–H and O–H groups in total. The number of carboxylic acid groups (broad SMARTS) is 1. The minimum absolute atomic E-state index is 0.0209. The van der Waals surface area contributed by atoms with Gasteiger partial charge in [-0.15, -0.1) is 0 Å². The standard InChI is InChI=1S/C14H14N2O4/c1-9-7-10(2)15(13(9)14(17)18)8-11-3-5-12(6-4-11)16(19)20/h3-7H,8H2,1-2H3,(H,17,18). The second kappa shape index (κ2) is 5.16. The van der Waals surface area contributed by atoms with Crippen molar-refractivity contribution >= 4 is 11.7 Å². The Bertz CT molecular complexity index is 671. The summed E-state index contributed by atoms with van der Waals surface area (Å²) in [5.74, 6) is -0.975. The Morgan fingerprint density at radius 3 is 2.40 bits per heavy atom. The fraction of sp³-hybridized carbons (Fsp3) is 0.214. The van der Waals surface area contributed by atoms with E-state index in [1.165, 1.54) is 12.1 Å². The lowest BCUT2D eigenvalue weighted by Gasteiger charge is -2.09. The van der Waals surface area contributed by atoms with Gasteiger partial charge < -0.3 is 9.67 Å². The van der Waals surface area contributed by atoms with E-state index in [0.29, 0.717) is 12.1 Å². The second-order valence-electron chi connectivity index (χ2n) is 4.63. The van der Waals surface area contributed by atoms with Crippen LogP contribution in [0.3, 0.4) is 0 Å². The maximum atomic E-state index is 11.3. The molecule has 1 aromatic heterocycles. The third-order valence-electron chi connectivity index (χ3n) is 3.19. The van der Waals surface area contributed by atoms with Gasteiger partial charge in [-0.25, -0.2) is 4.79 Å². The number of benzene rings is 1. The number of aromatic nitrogens is 1. The molecule has 0 saturated carbocycles. The molecule has 0 aliphatic heterocycles. The lowest BCUT2D eigenvalue weighted by Crippen LogP contribution is -2.11. The lowest BCUT2D eigenvalue weighted by molar-refractivity contribution is -0.384. The van der Waals surface area contributed by atoms with Crippen molar-refractivity contribution in [2.75, 3.05) is 0 Å². The number of hydrogen-bond acceptors (Lipinski definition) is 3. The Hall–Kier alpha value is -2.63. The van der Waals surface area contributed by atoms with Gasteiger partial charge in [-0.2, -0.15) is 0 Å². The van der Waals surface area contributed by atoms with Crippen LogP contribution in [0.25, 0.3) is 0 Å². The molecule has 1 heterocycles. The number of non-ortho nitro benzene ring substituents is 1. The number of nitro benzene ring substituents is 1. The summed E-state index contributed by atoms with van der Waals surface area (Å²) in [7, 11) is 0. The maximum absolute atomic E-state index is 11.3. The number of nitrogens with zero attached hydrogens (tertiary/aromatic N) is 2. The van der Waals surface area contributed by atoms with Crippen molar-refractivity contribution in [3.63, 3.8) is 0 Å². The molecule has 0 aliphatic rings. The van der Waals surface area contributed by atoms with Crippen molar-refractivity contribution in [1.29, 1.82) is 0 Å². The number of nitro groups is 1. The lowest BCUT2D eigenvalue weighted by atomic mass is 10.2. The minimum atomic E-state index is -0.975. The fourth-order valence-electron chi connectivity index (χ4n) is 2.24. The van der Waals surface area contributed by atoms with Crippen LogP contribution in [-0.2, 0) is 6.54 Å². The fourth-order valence-corrected chi connectivity index (χ4v) is 2.24. The Labute approximate surface area is 115 Å². The van der Waals surface area contributed by atoms with Gasteiger partial charge in [-0.1, -0.05) is 12.1 Å². The van der Waals surface area contributed by atoms with E-state index in [0.717, 1.165) is 11.3 Å². The van der Waals surface area contributed by atoms with Gasteiger partial charge in [0, 0.05) is 24.4 Å². The highest BCUT2D eigenvalue weighted by molar-refractivity contribution is 5.88. The number of hydrogen-bond donors (Lipinski definition) is 1. The van der Waals surface area contributed by atoms with Gasteiger partial charge in [0.2, 0.25) is 0 Å². The van der Waals surface area contributed by atoms with E-state index in [9.17, 15) is 20.0 Å². The van der Waals surface area contributed by atoms with Crippen molar-refractivity contribution in [3.8, 4) is 0 Å². The van der Waals surface area contributed by atoms with Crippen molar-refractivity contribution in [2.45, 2.75) is 20.4 Å². The van der Waals surface area contributed by atoms with E-state index in [4.69, 9.17) is 0 Å². The minimum Gasteiger partial charge on any atom is -0.477 e. The Morgan fingerprint density at radius 2 is 1.90 bits per heavy atom. The molecule has 20 heavy (non-hydrogen) atoms. The van der Waals surface area contributed by atoms with E-state index in [1.807, 2.05) is 13.0 Å². The van der Waals surface area contributed by atoms with Crippen LogP contribution >= 0.6 is 0 Å². The van der Waals surface area contributed by atoms with Gasteiger partial charge in [0.05, 0.1) is 4.92 Å². The van der Waals surface area contributed by atoms with Crippen LogP contribution in [0.4, 0.5) is 5.69 Å². The maximum Gasteiger partial charge on any atom is 0.352 e. The molecule has 104 valence electrons. The first-order chi connectivity index (χ1) is 9.40. The summed E-state index contributed by atoms with van der Waals surface area (Å²) < 4.78 is 1.69. The Balaban J connectivity index is 2.35. The summed E-state index contributed by atoms with van der Waals surface area (Å²) in [5, 5.41) is 19.8. The average molecular weight is 274 g/mol. The van der Waals surface area contributed by atoms with Gasteiger partial charge in [-0.05, 0) is 31.0 Å². The summed E-state index contributed by atoms with van der Waals surface area (Å²) in [6.45, 7) is 3.97. The van der Waals surface area contributed by atoms with Crippen LogP contribution in [0.1, 0.15) is 27.3 Å². The number of carbonyl (C=O) groups is 1. The molecule has 6 nitrogen and oxygen atoms in total. The molecule has 1 aromatic carbocycles. The summed E-state index contributed by atoms with van der Waals surface area (Å²) in [6.07, 6.45) is 0. The molecule has 0 bridgehead atoms. The average Bonchev–Trinajstić information content (AvgIpc) is 2.64. The van der Waals surface area contributed by atoms with Gasteiger partial charge >= 0.3 is 5.97 Å². The highest BCUT2D eigenvalue weighted by Crippen LogP contribution is 2.19. The third kappa shape index (κ3) is 2.54. The predicted octanol–water partition coefficient (Wildman–Crippen LogP) is 2.76. The van der Waals surface area contributed by atoms with Crippen molar-refractivity contribution in [3.05, 3.63) is 63.0 Å². The van der Waals surface area contributed by atoms with Gasteiger partial charge in [-0.3, -0.25) is 10.1 Å². The van der Waals surface area contributed by atoms with Crippen LogP contribution in [0.5, 0.6) is 0 Å². The zero-order valence-corrected chi connectivity index (χ0v) is 11.2. The van der Waals surface area contributed by atoms with E-state index in [2.05, 4.69) is 0 Å². The SMILES string of the molecule is Cc1cc(C)n(Cc2ccc([N+](=O)[O-])cc2)c1C(=O)O. The quantitative estimate of drug-likeness (QED) is 0.686. The van der Waals surface area contributed by atoms with Crippen molar-refractivity contribution < 1.29 is 14.8 Å². The molecule has 0 unspecified atom stereocenters. The van der Waals surface area contributed by atoms with E-state index in [-0.39, 0.29) is 11.4 Å². The molecular weight excluding hydrogens is 260 g/mol. The zero-order chi connectivity index (χ0) is 14.9. The summed E-state index contributed by atoms with van der Waals surface area (Å²) >= 11 is 0. The molecule has 2 aromatic rings. The normalized spacial score (nSPS) is 10.5. The largest absolute Gasteiger partial charge is 0.477 e. The van der Waals surface area contributed by atoms with Crippen LogP contribution < -0.4 is 0 Å². The Morgan fingerprint density at radius 1 is 1.30 bits per heavy atom. The highest BCUT2D eigenvalue weighted by Gasteiger charge is 2.16. The molecule has 0 radical (unpaired) electrons. The highest BCUT2D eigenvalue weighted by atomic mass is 16.6. The van der Waals surface area contributed by atoms with Gasteiger partial charge in [0.1, 0.15) is 5.69 Å². The van der Waals surface area contributed by atoms with Gasteiger partial charge in [0.25, 0.3) is 5.69 Å². The van der Waals surface area contributed by atoms with Crippen LogP contribution in [-0.4, -0.2) is 20.6 Å². The Kier molecular flexibility index (Phi) is 3.56. The van der Waals surface area contributed by atoms with Gasteiger partial charge in [0.15, 0.2) is 0 Å². The zero-order valence-electron chi connectivity index (χ0n) is 11.2. The second-order valence-corrected chi connectivity index (χ2v) is 4.63. The number of aromatic carboxylic acids is 1. The molecular formula is C14H14N2O4. The molecule has 0 saturated heterocycles. The van der Waals surface area contributed by atoms with Crippen molar-refractivity contribution in [1.82, 2.24) is 4.57 Å². The van der Waals surface area contributed by atoms with Crippen molar-refractivity contribution in [2.24, 2.45) is 0 Å². The summed E-state index contributed by atoms with van der Waals surface area (Å²) in [6, 6.07) is 7.93. The molecule has 2 rings (SSSR count). The molecule has 0 aliphatic carbocycles. The summed E-state index contributed by atoms with van der Waals surface area (Å²) in [5.41, 5.74) is 2.64. The first-order valence-corrected chi connectivity index (χ1v) is 6.03. The third-order valence-corrected chi connectivity index (χ3v) is 3.19. The number of rotatable bonds is 4. The molecule has 0 atom stereocenters. The van der Waals surface area contributed by atoms with Crippen LogP contribution in [0.2, 0.25) is 0 Å². The number of aryl methyl sites for hydroxylation is 2. The van der Waals surface area contributed by atoms with E-state index >= 15 is 0 Å².